The molecule has 0 bridgehead atoms. The molecule has 3 rings (SSSR count). The highest BCUT2D eigenvalue weighted by molar-refractivity contribution is 5.95. The van der Waals surface area contributed by atoms with Crippen LogP contribution in [0.3, 0.4) is 0 Å². The van der Waals surface area contributed by atoms with Crippen LogP contribution in [0.1, 0.15) is 28.0 Å². The Morgan fingerprint density at radius 3 is 2.40 bits per heavy atom. The molecule has 4 heteroatoms. The van der Waals surface area contributed by atoms with Crippen LogP contribution in [0.5, 0.6) is 0 Å². The monoisotopic (exact) mass is 336 g/mol. The Labute approximate surface area is 146 Å². The number of nitrogens with two attached hydrogens (primary N) is 1. The molecule has 25 heavy (non-hydrogen) atoms. The van der Waals surface area contributed by atoms with E-state index < -0.39 is 5.91 Å². The highest BCUT2D eigenvalue weighted by Gasteiger charge is 2.16. The van der Waals surface area contributed by atoms with Crippen molar-refractivity contribution >= 4 is 5.91 Å². The Balaban J connectivity index is 1.88. The lowest BCUT2D eigenvalue weighted by Crippen LogP contribution is -2.12. The third kappa shape index (κ3) is 3.79. The Morgan fingerprint density at radius 2 is 1.76 bits per heavy atom. The SMILES string of the molecule is Cc1c(C(N)=O)cc(-c2ccc(F)cc2)n1CCCc1ccccc1. The van der Waals surface area contributed by atoms with E-state index in [9.17, 15) is 9.18 Å². The van der Waals surface area contributed by atoms with E-state index in [1.165, 1.54) is 17.7 Å². The Bertz CT molecular complexity index is 867. The zero-order valence-corrected chi connectivity index (χ0v) is 14.2. The fraction of sp³-hybridized carbons (Fsp3) is 0.190. The molecular weight excluding hydrogens is 315 g/mol. The molecule has 3 aromatic rings. The maximum absolute atomic E-state index is 13.2. The minimum Gasteiger partial charge on any atom is -0.366 e. The molecule has 1 amide bonds. The van der Waals surface area contributed by atoms with Crippen molar-refractivity contribution in [1.82, 2.24) is 4.57 Å². The van der Waals surface area contributed by atoms with Crippen LogP contribution < -0.4 is 5.73 Å². The highest BCUT2D eigenvalue weighted by Crippen LogP contribution is 2.26. The normalized spacial score (nSPS) is 10.8. The largest absolute Gasteiger partial charge is 0.366 e. The van der Waals surface area contributed by atoms with Gasteiger partial charge in [0.2, 0.25) is 0 Å². The number of primary amides is 1. The van der Waals surface area contributed by atoms with Crippen molar-refractivity contribution in [2.75, 3.05) is 0 Å². The molecule has 2 N–H and O–H groups in total. The van der Waals surface area contributed by atoms with E-state index in [2.05, 4.69) is 16.7 Å². The summed E-state index contributed by atoms with van der Waals surface area (Å²) in [4.78, 5) is 11.7. The smallest absolute Gasteiger partial charge is 0.250 e. The fourth-order valence-corrected chi connectivity index (χ4v) is 3.13. The topological polar surface area (TPSA) is 48.0 Å². The predicted molar refractivity (Wildman–Crippen MR) is 97.8 cm³/mol. The Morgan fingerprint density at radius 1 is 1.08 bits per heavy atom. The van der Waals surface area contributed by atoms with Gasteiger partial charge in [-0.15, -0.1) is 0 Å². The van der Waals surface area contributed by atoms with Crippen LogP contribution in [0.15, 0.2) is 60.7 Å². The Hall–Kier alpha value is -2.88. The van der Waals surface area contributed by atoms with Gasteiger partial charge in [-0.1, -0.05) is 30.3 Å². The van der Waals surface area contributed by atoms with E-state index in [4.69, 9.17) is 5.73 Å². The molecule has 0 aliphatic heterocycles. The molecule has 1 heterocycles. The van der Waals surface area contributed by atoms with Gasteiger partial charge >= 0.3 is 0 Å². The molecule has 128 valence electrons. The van der Waals surface area contributed by atoms with Gasteiger partial charge in [-0.25, -0.2) is 4.39 Å². The molecule has 0 aliphatic rings. The van der Waals surface area contributed by atoms with Gasteiger partial charge in [0, 0.05) is 17.9 Å². The van der Waals surface area contributed by atoms with Crippen molar-refractivity contribution in [2.24, 2.45) is 5.73 Å². The first kappa shape index (κ1) is 17.0. The summed E-state index contributed by atoms with van der Waals surface area (Å²) in [5, 5.41) is 0. The molecule has 0 atom stereocenters. The number of aryl methyl sites for hydroxylation is 1. The Kier molecular flexibility index (Phi) is 4.98. The number of carbonyl (C=O) groups excluding carboxylic acids is 1. The van der Waals surface area contributed by atoms with E-state index in [0.717, 1.165) is 36.3 Å². The van der Waals surface area contributed by atoms with Crippen LogP contribution in [-0.2, 0) is 13.0 Å². The summed E-state index contributed by atoms with van der Waals surface area (Å²) in [5.74, 6) is -0.722. The standard InChI is InChI=1S/C21H21FN2O/c1-15-19(21(23)25)14-20(17-9-11-18(22)12-10-17)24(15)13-5-8-16-6-3-2-4-7-16/h2-4,6-7,9-12,14H,5,8,13H2,1H3,(H2,23,25). The molecule has 0 unspecified atom stereocenters. The number of hydrogen-bond donors (Lipinski definition) is 1. The van der Waals surface area contributed by atoms with Crippen molar-refractivity contribution in [2.45, 2.75) is 26.3 Å². The zero-order chi connectivity index (χ0) is 17.8. The summed E-state index contributed by atoms with van der Waals surface area (Å²) >= 11 is 0. The van der Waals surface area contributed by atoms with Crippen molar-refractivity contribution in [1.29, 1.82) is 0 Å². The second kappa shape index (κ2) is 7.34. The van der Waals surface area contributed by atoms with Crippen LogP contribution >= 0.6 is 0 Å². The third-order valence-electron chi connectivity index (χ3n) is 4.46. The van der Waals surface area contributed by atoms with E-state index in [1.807, 2.05) is 25.1 Å². The number of benzene rings is 2. The quantitative estimate of drug-likeness (QED) is 0.715. The molecule has 0 saturated heterocycles. The van der Waals surface area contributed by atoms with E-state index in [1.54, 1.807) is 18.2 Å². The van der Waals surface area contributed by atoms with Gasteiger partial charge in [0.1, 0.15) is 5.82 Å². The van der Waals surface area contributed by atoms with Crippen molar-refractivity contribution in [3.05, 3.63) is 83.3 Å². The van der Waals surface area contributed by atoms with Gasteiger partial charge in [-0.2, -0.15) is 0 Å². The highest BCUT2D eigenvalue weighted by atomic mass is 19.1. The van der Waals surface area contributed by atoms with Crippen molar-refractivity contribution in [3.8, 4) is 11.3 Å². The van der Waals surface area contributed by atoms with Crippen LogP contribution in [0.4, 0.5) is 4.39 Å². The van der Waals surface area contributed by atoms with Crippen molar-refractivity contribution < 1.29 is 9.18 Å². The lowest BCUT2D eigenvalue weighted by atomic mass is 10.1. The predicted octanol–water partition coefficient (Wildman–Crippen LogP) is 4.33. The summed E-state index contributed by atoms with van der Waals surface area (Å²) < 4.78 is 15.3. The average molecular weight is 336 g/mol. The maximum Gasteiger partial charge on any atom is 0.250 e. The number of aromatic nitrogens is 1. The van der Waals surface area contributed by atoms with Gasteiger partial charge in [0.25, 0.3) is 5.91 Å². The van der Waals surface area contributed by atoms with Gasteiger partial charge in [-0.3, -0.25) is 4.79 Å². The summed E-state index contributed by atoms with van der Waals surface area (Å²) in [7, 11) is 0. The lowest BCUT2D eigenvalue weighted by Gasteiger charge is -2.12. The maximum atomic E-state index is 13.2. The van der Waals surface area contributed by atoms with Gasteiger partial charge in [0.05, 0.1) is 5.56 Å². The number of nitrogens with zero attached hydrogens (tertiary/aromatic N) is 1. The van der Waals surface area contributed by atoms with E-state index in [0.29, 0.717) is 5.56 Å². The third-order valence-corrected chi connectivity index (χ3v) is 4.46. The van der Waals surface area contributed by atoms with E-state index in [-0.39, 0.29) is 5.82 Å². The molecule has 3 nitrogen and oxygen atoms in total. The van der Waals surface area contributed by atoms with Crippen LogP contribution in [0.25, 0.3) is 11.3 Å². The summed E-state index contributed by atoms with van der Waals surface area (Å²) in [5.41, 5.74) is 9.91. The first-order chi connectivity index (χ1) is 12.1. The zero-order valence-electron chi connectivity index (χ0n) is 14.2. The molecule has 0 fully saturated rings. The molecule has 0 saturated carbocycles. The van der Waals surface area contributed by atoms with Crippen LogP contribution in [0.2, 0.25) is 0 Å². The number of halogens is 1. The second-order valence-corrected chi connectivity index (χ2v) is 6.14. The van der Waals surface area contributed by atoms with Gasteiger partial charge in [-0.05, 0) is 61.2 Å². The van der Waals surface area contributed by atoms with Crippen molar-refractivity contribution in [3.63, 3.8) is 0 Å². The van der Waals surface area contributed by atoms with Gasteiger partial charge in [0.15, 0.2) is 0 Å². The lowest BCUT2D eigenvalue weighted by molar-refractivity contribution is 0.0999. The molecule has 0 aliphatic carbocycles. The number of carbonyl (C=O) groups is 1. The first-order valence-electron chi connectivity index (χ1n) is 8.36. The molecule has 1 aromatic heterocycles. The first-order valence-corrected chi connectivity index (χ1v) is 8.36. The minimum absolute atomic E-state index is 0.280. The summed E-state index contributed by atoms with van der Waals surface area (Å²) in [6.45, 7) is 2.66. The summed E-state index contributed by atoms with van der Waals surface area (Å²) in [6, 6.07) is 18.4. The van der Waals surface area contributed by atoms with E-state index >= 15 is 0 Å². The van der Waals surface area contributed by atoms with Crippen LogP contribution in [-0.4, -0.2) is 10.5 Å². The average Bonchev–Trinajstić information content (AvgIpc) is 2.94. The minimum atomic E-state index is -0.442. The molecular formula is C21H21FN2O. The molecule has 0 radical (unpaired) electrons. The summed E-state index contributed by atoms with van der Waals surface area (Å²) in [6.07, 6.45) is 1.89. The molecule has 2 aromatic carbocycles. The fourth-order valence-electron chi connectivity index (χ4n) is 3.13. The number of rotatable bonds is 6. The number of hydrogen-bond acceptors (Lipinski definition) is 1. The number of amides is 1. The molecule has 0 spiro atoms. The van der Waals surface area contributed by atoms with Crippen LogP contribution in [0, 0.1) is 12.7 Å². The second-order valence-electron chi connectivity index (χ2n) is 6.14. The van der Waals surface area contributed by atoms with Gasteiger partial charge < -0.3 is 10.3 Å².